The average Bonchev–Trinajstić information content (AvgIpc) is 3.01. The molecule has 3 aromatic rings. The van der Waals surface area contributed by atoms with Crippen LogP contribution in [0.5, 0.6) is 0 Å². The third-order valence-corrected chi connectivity index (χ3v) is 3.51. The fourth-order valence-electron chi connectivity index (χ4n) is 2.28. The van der Waals surface area contributed by atoms with Gasteiger partial charge in [0.25, 0.3) is 0 Å². The first-order valence-electron chi connectivity index (χ1n) is 7.16. The molecule has 0 spiro atoms. The third-order valence-electron chi connectivity index (χ3n) is 3.51. The molecule has 3 N–H and O–H groups in total. The fraction of sp³-hybridized carbons (Fsp3) is 0.125. The maximum Gasteiger partial charge on any atom is 0.416 e. The molecule has 130 valence electrons. The second kappa shape index (κ2) is 6.42. The summed E-state index contributed by atoms with van der Waals surface area (Å²) < 4.78 is 51.0. The van der Waals surface area contributed by atoms with Gasteiger partial charge in [0, 0.05) is 11.9 Å². The highest BCUT2D eigenvalue weighted by Gasteiger charge is 2.29. The van der Waals surface area contributed by atoms with E-state index in [1.54, 1.807) is 0 Å². The first-order valence-corrected chi connectivity index (χ1v) is 7.16. The second-order valence-electron chi connectivity index (χ2n) is 5.29. The van der Waals surface area contributed by atoms with Gasteiger partial charge in [-0.3, -0.25) is 5.10 Å². The highest BCUT2D eigenvalue weighted by atomic mass is 19.4. The number of halogens is 4. The number of amides is 2. The van der Waals surface area contributed by atoms with Crippen molar-refractivity contribution in [3.63, 3.8) is 0 Å². The molecule has 25 heavy (non-hydrogen) atoms. The lowest BCUT2D eigenvalue weighted by molar-refractivity contribution is -0.137. The van der Waals surface area contributed by atoms with Crippen LogP contribution in [0.4, 0.5) is 28.0 Å². The smallest absolute Gasteiger partial charge is 0.334 e. The molecule has 5 nitrogen and oxygen atoms in total. The van der Waals surface area contributed by atoms with Crippen LogP contribution in [0.25, 0.3) is 10.9 Å². The lowest BCUT2D eigenvalue weighted by Crippen LogP contribution is -2.28. The predicted octanol–water partition coefficient (Wildman–Crippen LogP) is 4.04. The van der Waals surface area contributed by atoms with Crippen molar-refractivity contribution >= 4 is 22.6 Å². The van der Waals surface area contributed by atoms with E-state index < -0.39 is 23.6 Å². The molecule has 0 saturated carbocycles. The molecule has 0 aliphatic carbocycles. The number of nitrogens with one attached hydrogen (secondary N) is 3. The topological polar surface area (TPSA) is 69.8 Å². The molecule has 3 rings (SSSR count). The normalized spacial score (nSPS) is 11.5. The van der Waals surface area contributed by atoms with Crippen LogP contribution < -0.4 is 10.6 Å². The Morgan fingerprint density at radius 1 is 1.16 bits per heavy atom. The monoisotopic (exact) mass is 352 g/mol. The molecular formula is C16H12F4N4O. The van der Waals surface area contributed by atoms with Crippen LogP contribution in [0.3, 0.4) is 0 Å². The Hall–Kier alpha value is -3.10. The standard InChI is InChI=1S/C16H12F4N4O/c17-11-5-13(12-8-22-24-14(12)6-11)23-15(25)21-7-9-1-3-10(4-2-9)16(18,19)20/h1-6,8H,7H2,(H,22,24)(H2,21,23,25). The Kier molecular flexibility index (Phi) is 4.30. The largest absolute Gasteiger partial charge is 0.416 e. The van der Waals surface area contributed by atoms with Gasteiger partial charge < -0.3 is 10.6 Å². The molecule has 0 bridgehead atoms. The summed E-state index contributed by atoms with van der Waals surface area (Å²) in [7, 11) is 0. The minimum absolute atomic E-state index is 0.0216. The number of fused-ring (bicyclic) bond motifs is 1. The minimum atomic E-state index is -4.41. The molecule has 0 radical (unpaired) electrons. The van der Waals surface area contributed by atoms with Gasteiger partial charge in [0.05, 0.1) is 23.0 Å². The molecule has 0 atom stereocenters. The van der Waals surface area contributed by atoms with Gasteiger partial charge in [-0.05, 0) is 29.8 Å². The fourth-order valence-corrected chi connectivity index (χ4v) is 2.28. The number of hydrogen-bond acceptors (Lipinski definition) is 2. The number of anilines is 1. The summed E-state index contributed by atoms with van der Waals surface area (Å²) in [5, 5.41) is 11.9. The van der Waals surface area contributed by atoms with Gasteiger partial charge in [-0.25, -0.2) is 9.18 Å². The van der Waals surface area contributed by atoms with Crippen molar-refractivity contribution in [2.24, 2.45) is 0 Å². The van der Waals surface area contributed by atoms with E-state index in [0.717, 1.165) is 18.2 Å². The van der Waals surface area contributed by atoms with E-state index in [0.29, 0.717) is 16.5 Å². The second-order valence-corrected chi connectivity index (χ2v) is 5.29. The summed E-state index contributed by atoms with van der Waals surface area (Å²) in [5.41, 5.74) is 0.394. The van der Waals surface area contributed by atoms with Gasteiger partial charge in [0.2, 0.25) is 0 Å². The van der Waals surface area contributed by atoms with Crippen LogP contribution in [-0.4, -0.2) is 16.2 Å². The first kappa shape index (κ1) is 16.7. The molecular weight excluding hydrogens is 340 g/mol. The first-order chi connectivity index (χ1) is 11.8. The molecule has 2 aromatic carbocycles. The molecule has 9 heteroatoms. The number of benzene rings is 2. The number of carbonyl (C=O) groups excluding carboxylic acids is 1. The van der Waals surface area contributed by atoms with E-state index in [1.807, 2.05) is 0 Å². The van der Waals surface area contributed by atoms with Gasteiger partial charge in [-0.1, -0.05) is 12.1 Å². The van der Waals surface area contributed by atoms with Crippen LogP contribution in [0, 0.1) is 5.82 Å². The molecule has 1 aromatic heterocycles. The Bertz CT molecular complexity index is 903. The summed E-state index contributed by atoms with van der Waals surface area (Å²) >= 11 is 0. The molecule has 2 amide bonds. The van der Waals surface area contributed by atoms with Crippen LogP contribution in [0.15, 0.2) is 42.6 Å². The van der Waals surface area contributed by atoms with Crippen molar-refractivity contribution in [2.75, 3.05) is 5.32 Å². The third kappa shape index (κ3) is 3.87. The van der Waals surface area contributed by atoms with Crippen molar-refractivity contribution in [1.29, 1.82) is 0 Å². The number of alkyl halides is 3. The number of aromatic nitrogens is 2. The summed E-state index contributed by atoms with van der Waals surface area (Å²) in [6.07, 6.45) is -2.96. The van der Waals surface area contributed by atoms with E-state index in [-0.39, 0.29) is 12.2 Å². The Balaban J connectivity index is 1.64. The number of aromatic amines is 1. The van der Waals surface area contributed by atoms with Gasteiger partial charge >= 0.3 is 12.2 Å². The highest BCUT2D eigenvalue weighted by Crippen LogP contribution is 2.29. The molecule has 0 aliphatic heterocycles. The van der Waals surface area contributed by atoms with Crippen molar-refractivity contribution in [1.82, 2.24) is 15.5 Å². The van der Waals surface area contributed by atoms with Crippen LogP contribution in [0.2, 0.25) is 0 Å². The molecule has 1 heterocycles. The number of nitrogens with zero attached hydrogens (tertiary/aromatic N) is 1. The van der Waals surface area contributed by atoms with Crippen molar-refractivity contribution < 1.29 is 22.4 Å². The Morgan fingerprint density at radius 2 is 1.88 bits per heavy atom. The van der Waals surface area contributed by atoms with Gasteiger partial charge in [-0.2, -0.15) is 18.3 Å². The molecule has 0 fully saturated rings. The van der Waals surface area contributed by atoms with Crippen molar-refractivity contribution in [3.05, 3.63) is 59.5 Å². The number of carbonyl (C=O) groups is 1. The minimum Gasteiger partial charge on any atom is -0.334 e. The van der Waals surface area contributed by atoms with Crippen LogP contribution >= 0.6 is 0 Å². The Labute approximate surface area is 139 Å². The van der Waals surface area contributed by atoms with E-state index in [9.17, 15) is 22.4 Å². The lowest BCUT2D eigenvalue weighted by atomic mass is 10.1. The zero-order valence-electron chi connectivity index (χ0n) is 12.6. The Morgan fingerprint density at radius 3 is 2.56 bits per heavy atom. The number of urea groups is 1. The van der Waals surface area contributed by atoms with E-state index in [1.165, 1.54) is 24.4 Å². The van der Waals surface area contributed by atoms with Crippen molar-refractivity contribution in [2.45, 2.75) is 12.7 Å². The summed E-state index contributed by atoms with van der Waals surface area (Å²) in [4.78, 5) is 11.9. The quantitative estimate of drug-likeness (QED) is 0.623. The number of hydrogen-bond donors (Lipinski definition) is 3. The summed E-state index contributed by atoms with van der Waals surface area (Å²) in [5.74, 6) is -0.546. The van der Waals surface area contributed by atoms with Crippen LogP contribution in [0.1, 0.15) is 11.1 Å². The predicted molar refractivity (Wildman–Crippen MR) is 83.4 cm³/mol. The number of rotatable bonds is 3. The molecule has 0 saturated heterocycles. The van der Waals surface area contributed by atoms with Gasteiger partial charge in [-0.15, -0.1) is 0 Å². The SMILES string of the molecule is O=C(NCc1ccc(C(F)(F)F)cc1)Nc1cc(F)cc2[nH]ncc12. The summed E-state index contributed by atoms with van der Waals surface area (Å²) in [6.45, 7) is 0.0216. The van der Waals surface area contributed by atoms with Gasteiger partial charge in [0.15, 0.2) is 0 Å². The molecule has 0 unspecified atom stereocenters. The maximum absolute atomic E-state index is 13.5. The highest BCUT2D eigenvalue weighted by molar-refractivity contribution is 6.00. The average molecular weight is 352 g/mol. The van der Waals surface area contributed by atoms with E-state index in [4.69, 9.17) is 0 Å². The van der Waals surface area contributed by atoms with E-state index >= 15 is 0 Å². The lowest BCUT2D eigenvalue weighted by Gasteiger charge is -2.10. The zero-order chi connectivity index (χ0) is 18.0. The number of H-pyrrole nitrogens is 1. The van der Waals surface area contributed by atoms with E-state index in [2.05, 4.69) is 20.8 Å². The maximum atomic E-state index is 13.5. The summed E-state index contributed by atoms with van der Waals surface area (Å²) in [6, 6.07) is 6.21. The van der Waals surface area contributed by atoms with Crippen LogP contribution in [-0.2, 0) is 12.7 Å². The molecule has 0 aliphatic rings. The zero-order valence-corrected chi connectivity index (χ0v) is 12.6. The van der Waals surface area contributed by atoms with Crippen molar-refractivity contribution in [3.8, 4) is 0 Å². The van der Waals surface area contributed by atoms with Gasteiger partial charge in [0.1, 0.15) is 5.82 Å².